The Balaban J connectivity index is 1.95. The third-order valence-electron chi connectivity index (χ3n) is 4.64. The van der Waals surface area contributed by atoms with Crippen LogP contribution >= 0.6 is 0 Å². The Hall–Kier alpha value is -0.170. The molecule has 20 heavy (non-hydrogen) atoms. The third kappa shape index (κ3) is 3.72. The monoisotopic (exact) mass is 303 g/mol. The average Bonchev–Trinajstić information content (AvgIpc) is 2.95. The molecule has 2 rings (SSSR count). The fourth-order valence-electron chi connectivity index (χ4n) is 3.25. The summed E-state index contributed by atoms with van der Waals surface area (Å²) in [5.74, 6) is 1.01. The van der Waals surface area contributed by atoms with Crippen molar-refractivity contribution in [3.8, 4) is 0 Å². The first kappa shape index (κ1) is 16.2. The van der Waals surface area contributed by atoms with E-state index in [1.807, 2.05) is 0 Å². The highest BCUT2D eigenvalue weighted by Gasteiger charge is 2.37. The molecule has 2 heterocycles. The summed E-state index contributed by atoms with van der Waals surface area (Å²) >= 11 is 0. The van der Waals surface area contributed by atoms with Crippen molar-refractivity contribution in [2.24, 2.45) is 11.8 Å². The fraction of sp³-hybridized carbons (Fsp3) is 1.00. The average molecular weight is 303 g/mol. The number of hydrogen-bond acceptors (Lipinski definition) is 3. The molecule has 0 bridgehead atoms. The molecule has 2 aliphatic heterocycles. The summed E-state index contributed by atoms with van der Waals surface area (Å²) in [5, 5.41) is 3.34. The van der Waals surface area contributed by atoms with E-state index >= 15 is 0 Å². The molecule has 2 fully saturated rings. The minimum Gasteiger partial charge on any atom is -0.317 e. The van der Waals surface area contributed by atoms with Gasteiger partial charge in [-0.1, -0.05) is 20.3 Å². The second-order valence-corrected chi connectivity index (χ2v) is 8.03. The standard InChI is InChI=1S/C14H29N3O2S/c1-3-13-7-9-17(11-13)20(18,19)16-8-5-6-14(12-16)10-15-4-2/h13-15H,3-12H2,1-2H3. The van der Waals surface area contributed by atoms with Gasteiger partial charge in [0.25, 0.3) is 10.2 Å². The molecule has 0 spiro atoms. The molecule has 0 aromatic carbocycles. The van der Waals surface area contributed by atoms with Crippen molar-refractivity contribution in [2.75, 3.05) is 39.3 Å². The van der Waals surface area contributed by atoms with Crippen LogP contribution in [0.1, 0.15) is 39.5 Å². The molecule has 0 saturated carbocycles. The maximum Gasteiger partial charge on any atom is 0.281 e. The van der Waals surface area contributed by atoms with E-state index in [2.05, 4.69) is 19.2 Å². The maximum atomic E-state index is 12.7. The van der Waals surface area contributed by atoms with E-state index in [0.29, 0.717) is 38.0 Å². The minimum absolute atomic E-state index is 0.461. The molecule has 2 atom stereocenters. The fourth-order valence-corrected chi connectivity index (χ4v) is 5.08. The van der Waals surface area contributed by atoms with Gasteiger partial charge in [-0.15, -0.1) is 0 Å². The summed E-state index contributed by atoms with van der Waals surface area (Å²) in [6.07, 6.45) is 4.22. The predicted octanol–water partition coefficient (Wildman–Crippen LogP) is 1.28. The van der Waals surface area contributed by atoms with E-state index in [-0.39, 0.29) is 0 Å². The van der Waals surface area contributed by atoms with Gasteiger partial charge in [-0.2, -0.15) is 17.0 Å². The van der Waals surface area contributed by atoms with Crippen molar-refractivity contribution in [3.63, 3.8) is 0 Å². The molecule has 6 heteroatoms. The SMILES string of the molecule is CCNCC1CCCN(S(=O)(=O)N2CCC(CC)C2)C1. The van der Waals surface area contributed by atoms with Gasteiger partial charge in [-0.05, 0) is 44.2 Å². The Kier molecular flexibility index (Phi) is 5.84. The van der Waals surface area contributed by atoms with Crippen LogP contribution in [0.15, 0.2) is 0 Å². The molecular weight excluding hydrogens is 274 g/mol. The van der Waals surface area contributed by atoms with E-state index in [0.717, 1.165) is 38.8 Å². The maximum absolute atomic E-state index is 12.7. The second kappa shape index (κ2) is 7.20. The van der Waals surface area contributed by atoms with E-state index in [9.17, 15) is 8.42 Å². The van der Waals surface area contributed by atoms with Gasteiger partial charge in [0.15, 0.2) is 0 Å². The Labute approximate surface area is 123 Å². The predicted molar refractivity (Wildman–Crippen MR) is 81.7 cm³/mol. The van der Waals surface area contributed by atoms with E-state index < -0.39 is 10.2 Å². The highest BCUT2D eigenvalue weighted by Crippen LogP contribution is 2.26. The molecule has 118 valence electrons. The molecule has 5 nitrogen and oxygen atoms in total. The van der Waals surface area contributed by atoms with Gasteiger partial charge in [0.1, 0.15) is 0 Å². The first-order valence-corrected chi connectivity index (χ1v) is 9.43. The van der Waals surface area contributed by atoms with E-state index in [1.165, 1.54) is 0 Å². The molecule has 0 aromatic heterocycles. The molecule has 0 aliphatic carbocycles. The lowest BCUT2D eigenvalue weighted by Crippen LogP contribution is -2.48. The summed E-state index contributed by atoms with van der Waals surface area (Å²) < 4.78 is 28.8. The zero-order valence-electron chi connectivity index (χ0n) is 12.8. The lowest BCUT2D eigenvalue weighted by Gasteiger charge is -2.34. The lowest BCUT2D eigenvalue weighted by molar-refractivity contribution is 0.246. The largest absolute Gasteiger partial charge is 0.317 e. The van der Waals surface area contributed by atoms with Gasteiger partial charge in [0, 0.05) is 26.2 Å². The Morgan fingerprint density at radius 2 is 1.75 bits per heavy atom. The first-order valence-electron chi connectivity index (χ1n) is 8.03. The highest BCUT2D eigenvalue weighted by atomic mass is 32.2. The topological polar surface area (TPSA) is 52.7 Å². The van der Waals surface area contributed by atoms with E-state index in [1.54, 1.807) is 8.61 Å². The summed E-state index contributed by atoms with van der Waals surface area (Å²) in [7, 11) is -3.22. The van der Waals surface area contributed by atoms with Gasteiger partial charge >= 0.3 is 0 Å². The number of rotatable bonds is 6. The molecule has 2 aliphatic rings. The summed E-state index contributed by atoms with van der Waals surface area (Å²) in [4.78, 5) is 0. The van der Waals surface area contributed by atoms with Crippen LogP contribution in [-0.4, -0.2) is 56.3 Å². The number of nitrogens with one attached hydrogen (secondary N) is 1. The second-order valence-electron chi connectivity index (χ2n) is 6.10. The summed E-state index contributed by atoms with van der Waals surface area (Å²) in [5.41, 5.74) is 0. The summed E-state index contributed by atoms with van der Waals surface area (Å²) in [6, 6.07) is 0. The Morgan fingerprint density at radius 3 is 2.40 bits per heavy atom. The van der Waals surface area contributed by atoms with Crippen molar-refractivity contribution in [2.45, 2.75) is 39.5 Å². The van der Waals surface area contributed by atoms with Crippen LogP contribution in [0.2, 0.25) is 0 Å². The zero-order chi connectivity index (χ0) is 14.6. The molecule has 0 aromatic rings. The van der Waals surface area contributed by atoms with Gasteiger partial charge < -0.3 is 5.32 Å². The number of hydrogen-bond donors (Lipinski definition) is 1. The quantitative estimate of drug-likeness (QED) is 0.804. The van der Waals surface area contributed by atoms with Crippen molar-refractivity contribution < 1.29 is 8.42 Å². The van der Waals surface area contributed by atoms with Gasteiger partial charge in [0.05, 0.1) is 0 Å². The van der Waals surface area contributed by atoms with Crippen molar-refractivity contribution in [1.29, 1.82) is 0 Å². The third-order valence-corrected chi connectivity index (χ3v) is 6.61. The van der Waals surface area contributed by atoms with Gasteiger partial charge in [-0.25, -0.2) is 0 Å². The van der Waals surface area contributed by atoms with Crippen LogP contribution in [0.5, 0.6) is 0 Å². The number of nitrogens with zero attached hydrogens (tertiary/aromatic N) is 2. The molecule has 1 N–H and O–H groups in total. The lowest BCUT2D eigenvalue weighted by atomic mass is 10.00. The highest BCUT2D eigenvalue weighted by molar-refractivity contribution is 7.86. The minimum atomic E-state index is -3.22. The Morgan fingerprint density at radius 1 is 1.05 bits per heavy atom. The molecule has 2 saturated heterocycles. The molecular formula is C14H29N3O2S. The first-order chi connectivity index (χ1) is 9.57. The number of piperidine rings is 1. The van der Waals surface area contributed by atoms with Crippen LogP contribution in [0.4, 0.5) is 0 Å². The van der Waals surface area contributed by atoms with Crippen molar-refractivity contribution in [1.82, 2.24) is 13.9 Å². The van der Waals surface area contributed by atoms with E-state index in [4.69, 9.17) is 0 Å². The summed E-state index contributed by atoms with van der Waals surface area (Å²) in [6.45, 7) is 8.91. The molecule has 0 radical (unpaired) electrons. The Bertz CT molecular complexity index is 399. The van der Waals surface area contributed by atoms with Crippen LogP contribution in [0.25, 0.3) is 0 Å². The van der Waals surface area contributed by atoms with Gasteiger partial charge in [-0.3, -0.25) is 0 Å². The van der Waals surface area contributed by atoms with Crippen LogP contribution in [0, 0.1) is 11.8 Å². The van der Waals surface area contributed by atoms with Crippen molar-refractivity contribution in [3.05, 3.63) is 0 Å². The smallest absolute Gasteiger partial charge is 0.281 e. The van der Waals surface area contributed by atoms with Crippen LogP contribution < -0.4 is 5.32 Å². The molecule has 0 amide bonds. The zero-order valence-corrected chi connectivity index (χ0v) is 13.7. The van der Waals surface area contributed by atoms with Gasteiger partial charge in [0.2, 0.25) is 0 Å². The van der Waals surface area contributed by atoms with Crippen molar-refractivity contribution >= 4 is 10.2 Å². The molecule has 2 unspecified atom stereocenters. The normalized spacial score (nSPS) is 29.9. The van der Waals surface area contributed by atoms with Crippen LogP contribution in [0.3, 0.4) is 0 Å². The van der Waals surface area contributed by atoms with Crippen LogP contribution in [-0.2, 0) is 10.2 Å².